The fourth-order valence-electron chi connectivity index (χ4n) is 4.65. The van der Waals surface area contributed by atoms with Gasteiger partial charge in [0.1, 0.15) is 11.7 Å². The molecular weight excluding hydrogens is 248 g/mol. The Morgan fingerprint density at radius 1 is 1.16 bits per heavy atom. The molecule has 4 bridgehead atoms. The zero-order chi connectivity index (χ0) is 13.8. The molecule has 4 fully saturated rings. The van der Waals surface area contributed by atoms with Crippen molar-refractivity contribution >= 4 is 11.9 Å². The van der Waals surface area contributed by atoms with Crippen molar-refractivity contribution in [1.29, 1.82) is 0 Å². The van der Waals surface area contributed by atoms with Crippen molar-refractivity contribution in [1.82, 2.24) is 0 Å². The predicted octanol–water partition coefficient (Wildman–Crippen LogP) is 1.03. The quantitative estimate of drug-likeness (QED) is 0.757. The molecule has 4 aliphatic carbocycles. The van der Waals surface area contributed by atoms with Crippen LogP contribution in [-0.4, -0.2) is 34.9 Å². The summed E-state index contributed by atoms with van der Waals surface area (Å²) in [5.41, 5.74) is -0.701. The van der Waals surface area contributed by atoms with Gasteiger partial charge in [-0.1, -0.05) is 0 Å². The Kier molecular flexibility index (Phi) is 2.85. The Bertz CT molecular complexity index is 420. The van der Waals surface area contributed by atoms with Crippen molar-refractivity contribution in [2.45, 2.75) is 57.3 Å². The second kappa shape index (κ2) is 4.20. The summed E-state index contributed by atoms with van der Waals surface area (Å²) in [7, 11) is 0. The maximum absolute atomic E-state index is 11.4. The van der Waals surface area contributed by atoms with Gasteiger partial charge in [-0.05, 0) is 37.5 Å². The first-order chi connectivity index (χ1) is 8.91. The lowest BCUT2D eigenvalue weighted by Crippen LogP contribution is -2.67. The van der Waals surface area contributed by atoms with Crippen LogP contribution in [0.5, 0.6) is 0 Å². The Labute approximate surface area is 112 Å². The molecule has 4 aliphatic rings. The van der Waals surface area contributed by atoms with Gasteiger partial charge in [-0.2, -0.15) is 0 Å². The van der Waals surface area contributed by atoms with Crippen molar-refractivity contribution in [3.63, 3.8) is 0 Å². The summed E-state index contributed by atoms with van der Waals surface area (Å²) in [6.45, 7) is 2.75. The molecule has 5 heteroatoms. The fraction of sp³-hybridized carbons (Fsp3) is 0.857. The van der Waals surface area contributed by atoms with Gasteiger partial charge in [0.2, 0.25) is 0 Å². The van der Waals surface area contributed by atoms with E-state index in [1.807, 2.05) is 0 Å². The number of rotatable bonds is 2. The maximum Gasteiger partial charge on any atom is 0.303 e. The van der Waals surface area contributed by atoms with Gasteiger partial charge in [0.25, 0.3) is 0 Å². The Morgan fingerprint density at radius 2 is 1.89 bits per heavy atom. The Hall–Kier alpha value is -1.10. The third-order valence-electron chi connectivity index (χ3n) is 4.95. The van der Waals surface area contributed by atoms with E-state index in [0.29, 0.717) is 12.3 Å². The number of carbonyl (C=O) groups is 2. The minimum Gasteiger partial charge on any atom is -0.458 e. The highest BCUT2D eigenvalue weighted by Gasteiger charge is 2.64. The molecule has 5 nitrogen and oxygen atoms in total. The molecule has 6 atom stereocenters. The van der Waals surface area contributed by atoms with Crippen LogP contribution in [0.25, 0.3) is 0 Å². The van der Waals surface area contributed by atoms with Crippen LogP contribution in [0, 0.1) is 17.8 Å². The number of esters is 2. The average molecular weight is 268 g/mol. The van der Waals surface area contributed by atoms with E-state index in [1.54, 1.807) is 0 Å². The molecule has 1 N–H and O–H groups in total. The van der Waals surface area contributed by atoms with Crippen molar-refractivity contribution in [2.24, 2.45) is 17.8 Å². The maximum atomic E-state index is 11.4. The second-order valence-electron chi connectivity index (χ2n) is 6.35. The van der Waals surface area contributed by atoms with Crippen LogP contribution < -0.4 is 0 Å². The van der Waals surface area contributed by atoms with Crippen LogP contribution >= 0.6 is 0 Å². The molecule has 0 aliphatic heterocycles. The van der Waals surface area contributed by atoms with Gasteiger partial charge in [-0.15, -0.1) is 0 Å². The van der Waals surface area contributed by atoms with Crippen molar-refractivity contribution < 1.29 is 24.2 Å². The Balaban J connectivity index is 1.94. The van der Waals surface area contributed by atoms with E-state index in [2.05, 4.69) is 0 Å². The number of hydrogen-bond donors (Lipinski definition) is 1. The first-order valence-electron chi connectivity index (χ1n) is 6.96. The molecule has 0 radical (unpaired) electrons. The van der Waals surface area contributed by atoms with Gasteiger partial charge in [0.05, 0.1) is 6.10 Å². The predicted molar refractivity (Wildman–Crippen MR) is 65.0 cm³/mol. The van der Waals surface area contributed by atoms with Crippen LogP contribution in [0.1, 0.15) is 39.5 Å². The summed E-state index contributed by atoms with van der Waals surface area (Å²) in [6, 6.07) is 0. The normalized spacial score (nSPS) is 47.0. The fourth-order valence-corrected chi connectivity index (χ4v) is 4.65. The molecular formula is C14H20O5. The first-order valence-corrected chi connectivity index (χ1v) is 6.96. The van der Waals surface area contributed by atoms with Gasteiger partial charge in [-0.3, -0.25) is 9.59 Å². The first kappa shape index (κ1) is 12.9. The molecule has 0 spiro atoms. The number of hydrogen-bond acceptors (Lipinski definition) is 5. The number of ether oxygens (including phenoxy) is 2. The van der Waals surface area contributed by atoms with Gasteiger partial charge in [-0.25, -0.2) is 0 Å². The minimum atomic E-state index is -0.701. The summed E-state index contributed by atoms with van der Waals surface area (Å²) < 4.78 is 11.0. The van der Waals surface area contributed by atoms with Crippen LogP contribution in [0.3, 0.4) is 0 Å². The highest BCUT2D eigenvalue weighted by atomic mass is 16.6. The standard InChI is InChI=1S/C14H20O5/c1-7(15)18-13-11-4-9-3-10(12(11)17)6-14(13,5-9)19-8(2)16/h9-13,17H,3-6H2,1-2H3. The minimum absolute atomic E-state index is 0.0884. The third-order valence-corrected chi connectivity index (χ3v) is 4.95. The van der Waals surface area contributed by atoms with Crippen LogP contribution in [0.2, 0.25) is 0 Å². The molecule has 0 aromatic heterocycles. The van der Waals surface area contributed by atoms with Crippen molar-refractivity contribution in [3.05, 3.63) is 0 Å². The molecule has 0 saturated heterocycles. The van der Waals surface area contributed by atoms with Crippen LogP contribution in [0.4, 0.5) is 0 Å². The number of carbonyl (C=O) groups excluding carboxylic acids is 2. The summed E-state index contributed by atoms with van der Waals surface area (Å²) in [6.07, 6.45) is 2.29. The molecule has 0 heterocycles. The van der Waals surface area contributed by atoms with Gasteiger partial charge >= 0.3 is 11.9 Å². The van der Waals surface area contributed by atoms with Gasteiger partial charge in [0.15, 0.2) is 0 Å². The highest BCUT2D eigenvalue weighted by molar-refractivity contribution is 5.68. The molecule has 106 valence electrons. The van der Waals surface area contributed by atoms with Crippen molar-refractivity contribution in [3.8, 4) is 0 Å². The summed E-state index contributed by atoms with van der Waals surface area (Å²) in [5.74, 6) is -0.166. The van der Waals surface area contributed by atoms with Gasteiger partial charge in [0, 0.05) is 19.8 Å². The van der Waals surface area contributed by atoms with E-state index in [1.165, 1.54) is 13.8 Å². The van der Waals surface area contributed by atoms with Crippen LogP contribution in [-0.2, 0) is 19.1 Å². The average Bonchev–Trinajstić information content (AvgIpc) is 2.28. The number of aliphatic hydroxyl groups is 1. The second-order valence-corrected chi connectivity index (χ2v) is 6.35. The smallest absolute Gasteiger partial charge is 0.303 e. The number of aliphatic hydroxyl groups excluding tert-OH is 1. The summed E-state index contributed by atoms with van der Waals surface area (Å²) >= 11 is 0. The van der Waals surface area contributed by atoms with E-state index in [9.17, 15) is 14.7 Å². The topological polar surface area (TPSA) is 72.8 Å². The van der Waals surface area contributed by atoms with E-state index in [0.717, 1.165) is 19.3 Å². The van der Waals surface area contributed by atoms with Crippen molar-refractivity contribution in [2.75, 3.05) is 0 Å². The lowest BCUT2D eigenvalue weighted by molar-refractivity contribution is -0.259. The molecule has 0 aromatic rings. The third kappa shape index (κ3) is 1.95. The molecule has 6 unspecified atom stereocenters. The van der Waals surface area contributed by atoms with E-state index < -0.39 is 17.8 Å². The molecule has 4 rings (SSSR count). The van der Waals surface area contributed by atoms with E-state index in [4.69, 9.17) is 9.47 Å². The Morgan fingerprint density at radius 3 is 2.53 bits per heavy atom. The summed E-state index contributed by atoms with van der Waals surface area (Å²) in [5, 5.41) is 10.3. The largest absolute Gasteiger partial charge is 0.458 e. The van der Waals surface area contributed by atoms with Gasteiger partial charge < -0.3 is 14.6 Å². The lowest BCUT2D eigenvalue weighted by Gasteiger charge is -2.60. The van der Waals surface area contributed by atoms with E-state index in [-0.39, 0.29) is 23.8 Å². The van der Waals surface area contributed by atoms with Crippen LogP contribution in [0.15, 0.2) is 0 Å². The zero-order valence-electron chi connectivity index (χ0n) is 11.3. The zero-order valence-corrected chi connectivity index (χ0v) is 11.3. The highest BCUT2D eigenvalue weighted by Crippen LogP contribution is 2.58. The van der Waals surface area contributed by atoms with E-state index >= 15 is 0 Å². The molecule has 19 heavy (non-hydrogen) atoms. The molecule has 4 saturated carbocycles. The SMILES string of the molecule is CC(=O)OC1C2CC3CC(CC1(OC(C)=O)C3)C2O. The summed E-state index contributed by atoms with van der Waals surface area (Å²) in [4.78, 5) is 22.7. The molecule has 0 aromatic carbocycles. The monoisotopic (exact) mass is 268 g/mol. The lowest BCUT2D eigenvalue weighted by atomic mass is 9.51. The molecule has 0 amide bonds.